The Bertz CT molecular complexity index is 877. The van der Waals surface area contributed by atoms with Crippen LogP contribution in [0.5, 0.6) is 0 Å². The molecule has 1 atom stereocenters. The van der Waals surface area contributed by atoms with Crippen LogP contribution in [0.15, 0.2) is 40.9 Å². The van der Waals surface area contributed by atoms with Gasteiger partial charge in [0.25, 0.3) is 0 Å². The molecule has 1 aliphatic rings. The summed E-state index contributed by atoms with van der Waals surface area (Å²) in [5, 5.41) is 15.4. The lowest BCUT2D eigenvalue weighted by Gasteiger charge is -2.11. The van der Waals surface area contributed by atoms with Gasteiger partial charge < -0.3 is 10.6 Å². The summed E-state index contributed by atoms with van der Waals surface area (Å²) in [5.41, 5.74) is 4.19. The van der Waals surface area contributed by atoms with E-state index in [2.05, 4.69) is 40.0 Å². The molecule has 2 N–H and O–H groups in total. The summed E-state index contributed by atoms with van der Waals surface area (Å²) in [4.78, 5) is 20.1. The lowest BCUT2D eigenvalue weighted by Crippen LogP contribution is -2.28. The van der Waals surface area contributed by atoms with Gasteiger partial charge in [-0.25, -0.2) is 4.79 Å². The van der Waals surface area contributed by atoms with Crippen molar-refractivity contribution in [3.8, 4) is 0 Å². The fourth-order valence-electron chi connectivity index (χ4n) is 2.69. The molecule has 1 fully saturated rings. The van der Waals surface area contributed by atoms with E-state index in [0.29, 0.717) is 17.3 Å². The molecule has 2 heterocycles. The minimum atomic E-state index is -0.314. The number of anilines is 1. The number of urea groups is 1. The molecule has 8 heteroatoms. The molecule has 0 aromatic carbocycles. The maximum absolute atomic E-state index is 12.0. The van der Waals surface area contributed by atoms with Crippen LogP contribution in [0.4, 0.5) is 10.5 Å². The van der Waals surface area contributed by atoms with E-state index in [1.807, 2.05) is 19.2 Å². The number of pyridine rings is 1. The number of nitrogens with zero attached hydrogens (tertiary/aromatic N) is 4. The van der Waals surface area contributed by atoms with Gasteiger partial charge in [0.05, 0.1) is 29.8 Å². The lowest BCUT2D eigenvalue weighted by atomic mass is 10.1. The van der Waals surface area contributed by atoms with E-state index in [1.165, 1.54) is 18.2 Å². The van der Waals surface area contributed by atoms with Crippen molar-refractivity contribution in [1.82, 2.24) is 20.5 Å². The van der Waals surface area contributed by atoms with E-state index < -0.39 is 0 Å². The van der Waals surface area contributed by atoms with Crippen LogP contribution < -0.4 is 10.6 Å². The van der Waals surface area contributed by atoms with Gasteiger partial charge in [-0.3, -0.25) is 9.98 Å². The van der Waals surface area contributed by atoms with Gasteiger partial charge in [0.15, 0.2) is 0 Å². The van der Waals surface area contributed by atoms with Crippen molar-refractivity contribution in [2.24, 2.45) is 10.9 Å². The van der Waals surface area contributed by atoms with E-state index in [0.717, 1.165) is 16.8 Å². The number of carbonyl (C=O) groups excluding carboxylic acids is 1. The third-order valence-electron chi connectivity index (χ3n) is 4.23. The zero-order chi connectivity index (χ0) is 19.2. The number of allylic oxidation sites excluding steroid dienone is 2. The van der Waals surface area contributed by atoms with Crippen LogP contribution in [0.1, 0.15) is 29.8 Å². The number of nitrogens with one attached hydrogen (secondary N) is 2. The maximum Gasteiger partial charge on any atom is 0.319 e. The Balaban J connectivity index is 1.67. The summed E-state index contributed by atoms with van der Waals surface area (Å²) in [6, 6.07) is 5.16. The normalized spacial score (nSPS) is 14.8. The van der Waals surface area contributed by atoms with Gasteiger partial charge in [-0.15, -0.1) is 14.3 Å². The zero-order valence-corrected chi connectivity index (χ0v) is 16.6. The predicted octanol–water partition coefficient (Wildman–Crippen LogP) is 3.20. The van der Waals surface area contributed by atoms with Crippen LogP contribution in [-0.4, -0.2) is 34.5 Å². The number of rotatable bonds is 6. The quantitative estimate of drug-likeness (QED) is 0.593. The van der Waals surface area contributed by atoms with Crippen molar-refractivity contribution >= 4 is 32.7 Å². The van der Waals surface area contributed by atoms with E-state index in [1.54, 1.807) is 31.6 Å². The Morgan fingerprint density at radius 2 is 2.22 bits per heavy atom. The van der Waals surface area contributed by atoms with Gasteiger partial charge in [0.1, 0.15) is 0 Å². The minimum absolute atomic E-state index is 0.289. The predicted molar refractivity (Wildman–Crippen MR) is 111 cm³/mol. The van der Waals surface area contributed by atoms with Crippen molar-refractivity contribution in [2.75, 3.05) is 12.4 Å². The van der Waals surface area contributed by atoms with Gasteiger partial charge in [0, 0.05) is 25.0 Å². The third-order valence-corrected chi connectivity index (χ3v) is 5.01. The molecular weight excluding hydrogens is 359 g/mol. The summed E-state index contributed by atoms with van der Waals surface area (Å²) >= 11 is 0. The van der Waals surface area contributed by atoms with E-state index in [-0.39, 0.29) is 12.6 Å². The SMILES string of the molecule is CN=CC(=C(P)C1CC1)c1nnc(CNC(=O)Nc2cccnc2)cc1C. The molecule has 0 saturated heterocycles. The second kappa shape index (κ2) is 8.82. The number of hydrogen-bond donors (Lipinski definition) is 2. The molecule has 1 aliphatic carbocycles. The third kappa shape index (κ3) is 5.17. The van der Waals surface area contributed by atoms with Crippen LogP contribution >= 0.6 is 9.24 Å². The van der Waals surface area contributed by atoms with Crippen molar-refractivity contribution in [1.29, 1.82) is 0 Å². The molecule has 2 amide bonds. The minimum Gasteiger partial charge on any atom is -0.332 e. The molecule has 0 radical (unpaired) electrons. The summed E-state index contributed by atoms with van der Waals surface area (Å²) < 4.78 is 0. The Labute approximate surface area is 161 Å². The molecule has 1 saturated carbocycles. The smallest absolute Gasteiger partial charge is 0.319 e. The number of aliphatic imine (C=N–C) groups is 1. The lowest BCUT2D eigenvalue weighted by molar-refractivity contribution is 0.251. The fourth-order valence-corrected chi connectivity index (χ4v) is 3.24. The Hall–Kier alpha value is -2.66. The number of aromatic nitrogens is 3. The first-order chi connectivity index (χ1) is 13.1. The monoisotopic (exact) mass is 382 g/mol. The molecule has 2 aromatic heterocycles. The first-order valence-corrected chi connectivity index (χ1v) is 9.36. The summed E-state index contributed by atoms with van der Waals surface area (Å²) in [7, 11) is 4.59. The maximum atomic E-state index is 12.0. The highest BCUT2D eigenvalue weighted by Crippen LogP contribution is 2.43. The van der Waals surface area contributed by atoms with Gasteiger partial charge >= 0.3 is 6.03 Å². The van der Waals surface area contributed by atoms with Crippen molar-refractivity contribution in [2.45, 2.75) is 26.3 Å². The zero-order valence-electron chi connectivity index (χ0n) is 15.4. The van der Waals surface area contributed by atoms with Crippen molar-refractivity contribution in [3.05, 3.63) is 52.9 Å². The molecule has 3 rings (SSSR count). The highest BCUT2D eigenvalue weighted by molar-refractivity contribution is 7.23. The first-order valence-electron chi connectivity index (χ1n) is 8.78. The van der Waals surface area contributed by atoms with Crippen LogP contribution in [0.25, 0.3) is 5.57 Å². The molecule has 27 heavy (non-hydrogen) atoms. The number of carbonyl (C=O) groups is 1. The molecule has 1 unspecified atom stereocenters. The van der Waals surface area contributed by atoms with E-state index >= 15 is 0 Å². The standard InChI is InChI=1S/C19H23N6OP/c1-12-8-15(10-22-19(26)23-14-4-3-7-21-9-14)24-25-17(12)16(11-20-2)18(27)13-5-6-13/h3-4,7-9,11,13H,5-6,10,27H2,1-2H3,(H2,22,23,26). The summed E-state index contributed by atoms with van der Waals surface area (Å²) in [6.45, 7) is 2.29. The topological polar surface area (TPSA) is 92.2 Å². The molecule has 0 aliphatic heterocycles. The van der Waals surface area contributed by atoms with Crippen LogP contribution in [0.3, 0.4) is 0 Å². The largest absolute Gasteiger partial charge is 0.332 e. The molecule has 0 bridgehead atoms. The Morgan fingerprint density at radius 1 is 1.41 bits per heavy atom. The highest BCUT2D eigenvalue weighted by Gasteiger charge is 2.26. The van der Waals surface area contributed by atoms with Crippen LogP contribution in [0, 0.1) is 12.8 Å². The highest BCUT2D eigenvalue weighted by atomic mass is 31.0. The van der Waals surface area contributed by atoms with Gasteiger partial charge in [-0.05, 0) is 54.8 Å². The summed E-state index contributed by atoms with van der Waals surface area (Å²) in [5.74, 6) is 0.599. The fraction of sp³-hybridized carbons (Fsp3) is 0.316. The average molecular weight is 382 g/mol. The average Bonchev–Trinajstić information content (AvgIpc) is 3.51. The first kappa shape index (κ1) is 19.1. The van der Waals surface area contributed by atoms with Crippen LogP contribution in [0.2, 0.25) is 0 Å². The van der Waals surface area contributed by atoms with Gasteiger partial charge in [0.2, 0.25) is 0 Å². The molecule has 7 nitrogen and oxygen atoms in total. The van der Waals surface area contributed by atoms with Crippen molar-refractivity contribution in [3.63, 3.8) is 0 Å². The molecule has 140 valence electrons. The molecular formula is C19H23N6OP. The Morgan fingerprint density at radius 3 is 2.85 bits per heavy atom. The summed E-state index contributed by atoms with van der Waals surface area (Å²) in [6.07, 6.45) is 7.50. The Kier molecular flexibility index (Phi) is 6.24. The van der Waals surface area contributed by atoms with E-state index in [4.69, 9.17) is 0 Å². The van der Waals surface area contributed by atoms with Crippen molar-refractivity contribution < 1.29 is 4.79 Å². The molecule has 2 aromatic rings. The van der Waals surface area contributed by atoms with Gasteiger partial charge in [-0.1, -0.05) is 0 Å². The number of amides is 2. The van der Waals surface area contributed by atoms with Crippen LogP contribution in [-0.2, 0) is 6.54 Å². The number of hydrogen-bond acceptors (Lipinski definition) is 5. The second-order valence-electron chi connectivity index (χ2n) is 6.45. The molecule has 0 spiro atoms. The number of aryl methyl sites for hydroxylation is 1. The van der Waals surface area contributed by atoms with Gasteiger partial charge in [-0.2, -0.15) is 5.10 Å². The second-order valence-corrected chi connectivity index (χ2v) is 7.07. The van der Waals surface area contributed by atoms with E-state index in [9.17, 15) is 4.79 Å².